The normalized spacial score (nSPS) is 10.7. The SMILES string of the molecule is O=C(NCc1ccc(Cl)c(Cl)c1)c1cc2ccccc2c(=O)o1. The van der Waals surface area contributed by atoms with E-state index < -0.39 is 11.5 Å². The molecule has 0 saturated heterocycles. The lowest BCUT2D eigenvalue weighted by atomic mass is 10.1. The molecule has 3 aromatic rings. The summed E-state index contributed by atoms with van der Waals surface area (Å²) in [4.78, 5) is 24.0. The van der Waals surface area contributed by atoms with Crippen molar-refractivity contribution in [3.8, 4) is 0 Å². The zero-order chi connectivity index (χ0) is 16.4. The van der Waals surface area contributed by atoms with Crippen LogP contribution in [0.5, 0.6) is 0 Å². The van der Waals surface area contributed by atoms with Gasteiger partial charge in [0.05, 0.1) is 15.4 Å². The van der Waals surface area contributed by atoms with Crippen LogP contribution < -0.4 is 10.9 Å². The van der Waals surface area contributed by atoms with E-state index in [2.05, 4.69) is 5.32 Å². The first kappa shape index (κ1) is 15.6. The van der Waals surface area contributed by atoms with Crippen LogP contribution in [0.15, 0.2) is 57.7 Å². The standard InChI is InChI=1S/C17H11Cl2NO3/c18-13-6-5-10(7-14(13)19)9-20-16(21)15-8-11-3-1-2-4-12(11)17(22)23-15/h1-8H,9H2,(H,20,21). The third kappa shape index (κ3) is 3.38. The van der Waals surface area contributed by atoms with Gasteiger partial charge in [-0.15, -0.1) is 0 Å². The van der Waals surface area contributed by atoms with Gasteiger partial charge in [0, 0.05) is 6.54 Å². The first-order valence-corrected chi connectivity index (χ1v) is 7.55. The van der Waals surface area contributed by atoms with Gasteiger partial charge in [-0.05, 0) is 35.2 Å². The van der Waals surface area contributed by atoms with E-state index in [1.54, 1.807) is 48.5 Å². The van der Waals surface area contributed by atoms with Gasteiger partial charge in [0.25, 0.3) is 5.91 Å². The van der Waals surface area contributed by atoms with Gasteiger partial charge < -0.3 is 9.73 Å². The molecule has 23 heavy (non-hydrogen) atoms. The molecule has 1 N–H and O–H groups in total. The molecule has 0 spiro atoms. The molecule has 0 bridgehead atoms. The number of halogens is 2. The Morgan fingerprint density at radius 1 is 1.04 bits per heavy atom. The minimum atomic E-state index is -0.539. The maximum atomic E-state index is 12.2. The number of carbonyl (C=O) groups is 1. The molecule has 0 unspecified atom stereocenters. The van der Waals surface area contributed by atoms with Crippen molar-refractivity contribution in [2.45, 2.75) is 6.54 Å². The van der Waals surface area contributed by atoms with E-state index in [0.717, 1.165) is 5.56 Å². The molecular weight excluding hydrogens is 337 g/mol. The van der Waals surface area contributed by atoms with E-state index in [0.29, 0.717) is 20.8 Å². The summed E-state index contributed by atoms with van der Waals surface area (Å²) < 4.78 is 5.07. The number of hydrogen-bond acceptors (Lipinski definition) is 3. The van der Waals surface area contributed by atoms with Gasteiger partial charge in [0.2, 0.25) is 0 Å². The molecule has 0 saturated carbocycles. The first-order valence-electron chi connectivity index (χ1n) is 6.79. The molecule has 4 nitrogen and oxygen atoms in total. The molecule has 1 amide bonds. The molecule has 0 fully saturated rings. The van der Waals surface area contributed by atoms with E-state index in [9.17, 15) is 9.59 Å². The summed E-state index contributed by atoms with van der Waals surface area (Å²) in [6.07, 6.45) is 0. The van der Waals surface area contributed by atoms with E-state index in [1.807, 2.05) is 0 Å². The van der Waals surface area contributed by atoms with Gasteiger partial charge in [0.15, 0.2) is 5.76 Å². The summed E-state index contributed by atoms with van der Waals surface area (Å²) in [7, 11) is 0. The van der Waals surface area contributed by atoms with Crippen LogP contribution in [0.2, 0.25) is 10.0 Å². The first-order chi connectivity index (χ1) is 11.0. The van der Waals surface area contributed by atoms with Gasteiger partial charge >= 0.3 is 5.63 Å². The van der Waals surface area contributed by atoms with Gasteiger partial charge in [-0.1, -0.05) is 47.5 Å². The van der Waals surface area contributed by atoms with Crippen molar-refractivity contribution in [2.24, 2.45) is 0 Å². The van der Waals surface area contributed by atoms with Crippen molar-refractivity contribution >= 4 is 39.9 Å². The highest BCUT2D eigenvalue weighted by Gasteiger charge is 2.12. The second-order valence-corrected chi connectivity index (χ2v) is 5.73. The average molecular weight is 348 g/mol. The van der Waals surface area contributed by atoms with E-state index in [1.165, 1.54) is 0 Å². The maximum absolute atomic E-state index is 12.2. The molecule has 6 heteroatoms. The quantitative estimate of drug-likeness (QED) is 0.777. The van der Waals surface area contributed by atoms with Crippen LogP contribution >= 0.6 is 23.2 Å². The number of amides is 1. The van der Waals surface area contributed by atoms with Gasteiger partial charge in [-0.25, -0.2) is 4.79 Å². The van der Waals surface area contributed by atoms with Crippen molar-refractivity contribution in [3.05, 3.63) is 80.3 Å². The molecule has 3 rings (SSSR count). The van der Waals surface area contributed by atoms with Crippen LogP contribution in [0.1, 0.15) is 16.1 Å². The molecule has 0 aliphatic heterocycles. The molecule has 2 aromatic carbocycles. The van der Waals surface area contributed by atoms with E-state index in [4.69, 9.17) is 27.6 Å². The smallest absolute Gasteiger partial charge is 0.344 e. The van der Waals surface area contributed by atoms with E-state index in [-0.39, 0.29) is 12.3 Å². The topological polar surface area (TPSA) is 59.3 Å². The Balaban J connectivity index is 1.80. The predicted molar refractivity (Wildman–Crippen MR) is 90.1 cm³/mol. The van der Waals surface area contributed by atoms with Crippen molar-refractivity contribution in [1.29, 1.82) is 0 Å². The highest BCUT2D eigenvalue weighted by atomic mass is 35.5. The maximum Gasteiger partial charge on any atom is 0.344 e. The van der Waals surface area contributed by atoms with Gasteiger partial charge in [-0.3, -0.25) is 4.79 Å². The highest BCUT2D eigenvalue weighted by Crippen LogP contribution is 2.22. The monoisotopic (exact) mass is 347 g/mol. The lowest BCUT2D eigenvalue weighted by molar-refractivity contribution is 0.0919. The number of carbonyl (C=O) groups excluding carboxylic acids is 1. The van der Waals surface area contributed by atoms with Gasteiger partial charge in [-0.2, -0.15) is 0 Å². The number of nitrogens with one attached hydrogen (secondary N) is 1. The Morgan fingerprint density at radius 2 is 1.83 bits per heavy atom. The Bertz CT molecular complexity index is 950. The van der Waals surface area contributed by atoms with Crippen molar-refractivity contribution in [2.75, 3.05) is 0 Å². The fourth-order valence-electron chi connectivity index (χ4n) is 2.17. The summed E-state index contributed by atoms with van der Waals surface area (Å²) in [6.45, 7) is 0.242. The average Bonchev–Trinajstić information content (AvgIpc) is 2.55. The molecule has 0 atom stereocenters. The molecule has 0 radical (unpaired) electrons. The molecule has 0 aliphatic rings. The molecular formula is C17H11Cl2NO3. The summed E-state index contributed by atoms with van der Waals surface area (Å²) in [5.74, 6) is -0.507. The minimum Gasteiger partial charge on any atom is -0.417 e. The number of benzene rings is 2. The fourth-order valence-corrected chi connectivity index (χ4v) is 2.49. The van der Waals surface area contributed by atoms with Crippen LogP contribution in [0.4, 0.5) is 0 Å². The molecule has 116 valence electrons. The second kappa shape index (κ2) is 6.44. The Morgan fingerprint density at radius 3 is 2.61 bits per heavy atom. The Hall–Kier alpha value is -2.30. The lowest BCUT2D eigenvalue weighted by Crippen LogP contribution is -2.24. The summed E-state index contributed by atoms with van der Waals surface area (Å²) in [6, 6.07) is 13.6. The van der Waals surface area contributed by atoms with Crippen LogP contribution in [-0.4, -0.2) is 5.91 Å². The molecule has 1 heterocycles. The van der Waals surface area contributed by atoms with Crippen molar-refractivity contribution in [1.82, 2.24) is 5.32 Å². The van der Waals surface area contributed by atoms with Crippen LogP contribution in [0, 0.1) is 0 Å². The number of fused-ring (bicyclic) bond motifs is 1. The summed E-state index contributed by atoms with van der Waals surface area (Å²) in [5, 5.41) is 4.63. The fraction of sp³-hybridized carbons (Fsp3) is 0.0588. The van der Waals surface area contributed by atoms with Crippen LogP contribution in [0.25, 0.3) is 10.8 Å². The summed E-state index contributed by atoms with van der Waals surface area (Å²) in [5.41, 5.74) is 0.249. The zero-order valence-electron chi connectivity index (χ0n) is 11.8. The van der Waals surface area contributed by atoms with Crippen molar-refractivity contribution < 1.29 is 9.21 Å². The highest BCUT2D eigenvalue weighted by molar-refractivity contribution is 6.42. The zero-order valence-corrected chi connectivity index (χ0v) is 13.3. The third-order valence-corrected chi connectivity index (χ3v) is 4.07. The van der Waals surface area contributed by atoms with E-state index >= 15 is 0 Å². The molecule has 1 aromatic heterocycles. The van der Waals surface area contributed by atoms with Crippen molar-refractivity contribution in [3.63, 3.8) is 0 Å². The Kier molecular flexibility index (Phi) is 4.37. The Labute approximate surface area is 141 Å². The van der Waals surface area contributed by atoms with Crippen LogP contribution in [-0.2, 0) is 6.54 Å². The third-order valence-electron chi connectivity index (χ3n) is 3.33. The predicted octanol–water partition coefficient (Wildman–Crippen LogP) is 4.03. The lowest BCUT2D eigenvalue weighted by Gasteiger charge is -2.06. The number of rotatable bonds is 3. The molecule has 0 aliphatic carbocycles. The number of hydrogen-bond donors (Lipinski definition) is 1. The van der Waals surface area contributed by atoms with Crippen LogP contribution in [0.3, 0.4) is 0 Å². The van der Waals surface area contributed by atoms with Gasteiger partial charge in [0.1, 0.15) is 0 Å². The largest absolute Gasteiger partial charge is 0.417 e. The second-order valence-electron chi connectivity index (χ2n) is 4.92. The summed E-state index contributed by atoms with van der Waals surface area (Å²) >= 11 is 11.8. The minimum absolute atomic E-state index is 0.0336.